The molecule has 7 heteroatoms. The number of benzene rings is 3. The molecule has 0 aliphatic carbocycles. The average molecular weight is 478 g/mol. The van der Waals surface area contributed by atoms with Crippen LogP contribution in [0.15, 0.2) is 60.7 Å². The van der Waals surface area contributed by atoms with Crippen LogP contribution in [-0.2, 0) is 22.1 Å². The summed E-state index contributed by atoms with van der Waals surface area (Å²) in [6.45, 7) is 5.86. The van der Waals surface area contributed by atoms with E-state index in [0.717, 1.165) is 11.8 Å². The normalized spacial score (nSPS) is 12.5. The van der Waals surface area contributed by atoms with Gasteiger partial charge in [-0.2, -0.15) is 0 Å². The van der Waals surface area contributed by atoms with Gasteiger partial charge in [-0.25, -0.2) is 17.8 Å². The zero-order valence-electron chi connectivity index (χ0n) is 19.7. The lowest BCUT2D eigenvalue weighted by Gasteiger charge is -2.18. The van der Waals surface area contributed by atoms with Gasteiger partial charge in [0.1, 0.15) is 12.5 Å². The highest BCUT2D eigenvalue weighted by Gasteiger charge is 2.15. The Morgan fingerprint density at radius 3 is 2.35 bits per heavy atom. The molecule has 0 radical (unpaired) electrons. The van der Waals surface area contributed by atoms with Crippen LogP contribution < -0.4 is 4.72 Å². The van der Waals surface area contributed by atoms with Crippen molar-refractivity contribution in [3.63, 3.8) is 0 Å². The molecule has 1 aromatic heterocycles. The highest BCUT2D eigenvalue weighted by Crippen LogP contribution is 2.34. The number of anilines is 1. The van der Waals surface area contributed by atoms with Crippen molar-refractivity contribution in [2.75, 3.05) is 11.0 Å². The second kappa shape index (κ2) is 9.06. The molecule has 3 aromatic carbocycles. The van der Waals surface area contributed by atoms with Gasteiger partial charge in [-0.1, -0.05) is 69.3 Å². The minimum absolute atomic E-state index is 0.0995. The largest absolute Gasteiger partial charge is 0.338 e. The van der Waals surface area contributed by atoms with E-state index in [9.17, 15) is 12.8 Å². The summed E-state index contributed by atoms with van der Waals surface area (Å²) in [6, 6.07) is 18.9. The van der Waals surface area contributed by atoms with Crippen LogP contribution in [0.25, 0.3) is 34.3 Å². The Morgan fingerprint density at radius 1 is 1.00 bits per heavy atom. The fourth-order valence-electron chi connectivity index (χ4n) is 3.84. The summed E-state index contributed by atoms with van der Waals surface area (Å²) in [7, 11) is -3.49. The van der Waals surface area contributed by atoms with Gasteiger partial charge in [0.15, 0.2) is 0 Å². The summed E-state index contributed by atoms with van der Waals surface area (Å²) in [5.41, 5.74) is 5.85. The van der Waals surface area contributed by atoms with Crippen LogP contribution >= 0.6 is 0 Å². The molecule has 0 bridgehead atoms. The third-order valence-electron chi connectivity index (χ3n) is 5.59. The molecule has 0 fully saturated rings. The van der Waals surface area contributed by atoms with Gasteiger partial charge < -0.3 is 4.98 Å². The summed E-state index contributed by atoms with van der Waals surface area (Å²) in [5.74, 6) is 0.652. The number of hydrogen-bond acceptors (Lipinski definition) is 3. The molecular weight excluding hydrogens is 449 g/mol. The number of H-pyrrole nitrogens is 1. The van der Waals surface area contributed by atoms with Crippen LogP contribution in [-0.4, -0.2) is 24.6 Å². The third-order valence-corrected chi connectivity index (χ3v) is 6.18. The number of halogens is 1. The maximum Gasteiger partial charge on any atom is 0.229 e. The van der Waals surface area contributed by atoms with Gasteiger partial charge in [0, 0.05) is 5.56 Å². The Hall–Kier alpha value is -3.45. The van der Waals surface area contributed by atoms with E-state index in [1.54, 1.807) is 36.4 Å². The smallest absolute Gasteiger partial charge is 0.229 e. The van der Waals surface area contributed by atoms with E-state index in [1.807, 2.05) is 12.2 Å². The van der Waals surface area contributed by atoms with Gasteiger partial charge in [-0.05, 0) is 51.9 Å². The van der Waals surface area contributed by atoms with Crippen LogP contribution in [0.3, 0.4) is 0 Å². The maximum absolute atomic E-state index is 14.0. The number of fused-ring (bicyclic) bond motifs is 1. The van der Waals surface area contributed by atoms with E-state index in [0.29, 0.717) is 39.2 Å². The van der Waals surface area contributed by atoms with Gasteiger partial charge in [0.25, 0.3) is 0 Å². The van der Waals surface area contributed by atoms with Crippen molar-refractivity contribution in [1.82, 2.24) is 9.97 Å². The molecule has 34 heavy (non-hydrogen) atoms. The fourth-order valence-corrected chi connectivity index (χ4v) is 4.42. The Morgan fingerprint density at radius 2 is 1.71 bits per heavy atom. The predicted octanol–water partition coefficient (Wildman–Crippen LogP) is 6.54. The summed E-state index contributed by atoms with van der Waals surface area (Å²) in [6.07, 6.45) is 4.96. The molecule has 1 heterocycles. The lowest BCUT2D eigenvalue weighted by molar-refractivity contribution is 0.486. The topological polar surface area (TPSA) is 74.8 Å². The first-order valence-corrected chi connectivity index (χ1v) is 12.9. The second-order valence-corrected chi connectivity index (χ2v) is 11.2. The zero-order valence-corrected chi connectivity index (χ0v) is 20.5. The van der Waals surface area contributed by atoms with Crippen molar-refractivity contribution < 1.29 is 12.8 Å². The molecule has 0 aliphatic heterocycles. The van der Waals surface area contributed by atoms with Gasteiger partial charge in [-0.15, -0.1) is 0 Å². The molecule has 0 aliphatic rings. The zero-order chi connectivity index (χ0) is 24.5. The van der Waals surface area contributed by atoms with Crippen LogP contribution in [0, 0.1) is 0 Å². The van der Waals surface area contributed by atoms with E-state index in [-0.39, 0.29) is 5.41 Å². The average Bonchev–Trinajstić information content (AvgIpc) is 3.17. The predicted molar refractivity (Wildman–Crippen MR) is 139 cm³/mol. The third kappa shape index (κ3) is 5.37. The highest BCUT2D eigenvalue weighted by molar-refractivity contribution is 7.92. The molecule has 4 rings (SSSR count). The van der Waals surface area contributed by atoms with Crippen molar-refractivity contribution >= 4 is 38.9 Å². The van der Waals surface area contributed by atoms with Crippen LogP contribution in [0.2, 0.25) is 0 Å². The molecule has 0 amide bonds. The second-order valence-electron chi connectivity index (χ2n) is 9.41. The van der Waals surface area contributed by atoms with E-state index < -0.39 is 16.7 Å². The first-order chi connectivity index (χ1) is 16.0. The molecule has 0 saturated heterocycles. The van der Waals surface area contributed by atoms with Gasteiger partial charge in [0.05, 0.1) is 23.0 Å². The van der Waals surface area contributed by atoms with Crippen LogP contribution in [0.1, 0.15) is 43.3 Å². The van der Waals surface area contributed by atoms with Crippen molar-refractivity contribution in [2.45, 2.75) is 32.9 Å². The number of rotatable bonds is 6. The van der Waals surface area contributed by atoms with E-state index in [2.05, 4.69) is 59.7 Å². The van der Waals surface area contributed by atoms with Gasteiger partial charge in [0.2, 0.25) is 10.0 Å². The van der Waals surface area contributed by atoms with Crippen LogP contribution in [0.5, 0.6) is 0 Å². The number of alkyl halides is 1. The Balaban J connectivity index is 1.69. The minimum atomic E-state index is -3.49. The number of aromatic nitrogens is 2. The summed E-state index contributed by atoms with van der Waals surface area (Å²) in [4.78, 5) is 7.88. The molecule has 176 valence electrons. The molecule has 0 atom stereocenters. The van der Waals surface area contributed by atoms with Crippen LogP contribution in [0.4, 0.5) is 10.1 Å². The first-order valence-electron chi connectivity index (χ1n) is 11.0. The quantitative estimate of drug-likeness (QED) is 0.331. The summed E-state index contributed by atoms with van der Waals surface area (Å²) < 4.78 is 40.1. The summed E-state index contributed by atoms with van der Waals surface area (Å²) >= 11 is 0. The Labute approximate surface area is 199 Å². The number of imidazole rings is 1. The number of nitrogens with one attached hydrogen (secondary N) is 2. The van der Waals surface area contributed by atoms with Crippen molar-refractivity contribution in [3.05, 3.63) is 83.2 Å². The molecular formula is C27H28FN3O2S. The van der Waals surface area contributed by atoms with E-state index >= 15 is 0 Å². The van der Waals surface area contributed by atoms with E-state index in [4.69, 9.17) is 0 Å². The Kier molecular flexibility index (Phi) is 6.32. The summed E-state index contributed by atoms with van der Waals surface area (Å²) in [5, 5.41) is 0. The SMILES string of the molecule is CC(C)(C)c1ccc(/C=C/c2nc3cc(-c4ccccc4NS(C)(=O)=O)c(CF)cc3[nH]2)cc1. The fraction of sp³-hybridized carbons (Fsp3) is 0.222. The van der Waals surface area contributed by atoms with Gasteiger partial charge >= 0.3 is 0 Å². The van der Waals surface area contributed by atoms with Crippen molar-refractivity contribution in [2.24, 2.45) is 0 Å². The maximum atomic E-state index is 14.0. The van der Waals surface area contributed by atoms with Crippen molar-refractivity contribution in [3.8, 4) is 11.1 Å². The number of sulfonamides is 1. The van der Waals surface area contributed by atoms with Crippen molar-refractivity contribution in [1.29, 1.82) is 0 Å². The minimum Gasteiger partial charge on any atom is -0.338 e. The molecule has 5 nitrogen and oxygen atoms in total. The molecule has 0 unspecified atom stereocenters. The molecule has 2 N–H and O–H groups in total. The molecule has 0 spiro atoms. The lowest BCUT2D eigenvalue weighted by Crippen LogP contribution is -2.10. The lowest BCUT2D eigenvalue weighted by atomic mass is 9.87. The highest BCUT2D eigenvalue weighted by atomic mass is 32.2. The number of aromatic amines is 1. The van der Waals surface area contributed by atoms with Gasteiger partial charge in [-0.3, -0.25) is 4.72 Å². The monoisotopic (exact) mass is 477 g/mol. The Bertz CT molecular complexity index is 1460. The number of nitrogens with zero attached hydrogens (tertiary/aromatic N) is 1. The first kappa shape index (κ1) is 23.7. The standard InChI is InChI=1S/C27H28FN3O2S/c1-27(2,3)20-12-9-18(10-13-20)11-14-26-29-24-15-19(17-28)22(16-25(24)30-26)21-7-5-6-8-23(21)31-34(4,32)33/h5-16,31H,17H2,1-4H3,(H,29,30)/b14-11+. The van der Waals surface area contributed by atoms with E-state index in [1.165, 1.54) is 5.56 Å². The molecule has 4 aromatic rings. The molecule has 0 saturated carbocycles. The number of hydrogen-bond donors (Lipinski definition) is 2. The number of para-hydroxylation sites is 1.